The van der Waals surface area contributed by atoms with E-state index >= 15 is 0 Å². The third-order valence-electron chi connectivity index (χ3n) is 3.05. The molecule has 0 saturated heterocycles. The maximum Gasteiger partial charge on any atom is 0.275 e. The smallest absolute Gasteiger partial charge is 0.275 e. The molecule has 6 heteroatoms. The Morgan fingerprint density at radius 1 is 1.30 bits per heavy atom. The molecule has 0 radical (unpaired) electrons. The van der Waals surface area contributed by atoms with Crippen LogP contribution in [0.1, 0.15) is 35.8 Å². The highest BCUT2D eigenvalue weighted by Gasteiger charge is 2.12. The fourth-order valence-electron chi connectivity index (χ4n) is 1.89. The topological polar surface area (TPSA) is 59.3 Å². The second-order valence-electron chi connectivity index (χ2n) is 4.82. The van der Waals surface area contributed by atoms with E-state index in [4.69, 9.17) is 0 Å². The van der Waals surface area contributed by atoms with Crippen molar-refractivity contribution in [3.63, 3.8) is 0 Å². The molecule has 3 rings (SSSR count). The monoisotopic (exact) mass is 286 g/mol. The van der Waals surface area contributed by atoms with Crippen molar-refractivity contribution in [3.05, 3.63) is 47.2 Å². The van der Waals surface area contributed by atoms with E-state index in [1.807, 2.05) is 24.3 Å². The van der Waals surface area contributed by atoms with E-state index in [0.717, 1.165) is 5.69 Å². The van der Waals surface area contributed by atoms with Crippen molar-refractivity contribution < 1.29 is 4.79 Å². The van der Waals surface area contributed by atoms with E-state index < -0.39 is 0 Å². The van der Waals surface area contributed by atoms with Crippen molar-refractivity contribution >= 4 is 27.9 Å². The van der Waals surface area contributed by atoms with Crippen molar-refractivity contribution in [3.8, 4) is 0 Å². The summed E-state index contributed by atoms with van der Waals surface area (Å²) in [5.41, 5.74) is 4.07. The van der Waals surface area contributed by atoms with Crippen molar-refractivity contribution in [2.24, 2.45) is 0 Å². The third kappa shape index (κ3) is 2.42. The number of hydrogen-bond donors (Lipinski definition) is 1. The van der Waals surface area contributed by atoms with Gasteiger partial charge in [-0.25, -0.2) is 9.50 Å². The molecule has 0 aliphatic rings. The Bertz CT molecular complexity index is 713. The molecular formula is C14H14N4OS. The number of nitrogens with zero attached hydrogens (tertiary/aromatic N) is 3. The molecule has 2 heterocycles. The van der Waals surface area contributed by atoms with Crippen LogP contribution in [0, 0.1) is 0 Å². The van der Waals surface area contributed by atoms with Crippen LogP contribution in [0.5, 0.6) is 0 Å². The van der Waals surface area contributed by atoms with Gasteiger partial charge in [-0.3, -0.25) is 4.79 Å². The standard InChI is InChI=1S/C14H14N4OS/c1-9(2)10-3-5-11(6-4-10)16-13(19)12-7-18-14(17-12)20-8-15-18/h3-9H,1-2H3,(H,16,19). The van der Waals surface area contributed by atoms with Crippen molar-refractivity contribution in [2.45, 2.75) is 19.8 Å². The molecule has 0 bridgehead atoms. The summed E-state index contributed by atoms with van der Waals surface area (Å²) >= 11 is 1.40. The van der Waals surface area contributed by atoms with Crippen molar-refractivity contribution in [1.82, 2.24) is 14.6 Å². The minimum Gasteiger partial charge on any atom is -0.321 e. The Morgan fingerprint density at radius 2 is 2.05 bits per heavy atom. The van der Waals surface area contributed by atoms with Gasteiger partial charge in [0, 0.05) is 5.69 Å². The average molecular weight is 286 g/mol. The van der Waals surface area contributed by atoms with Gasteiger partial charge in [0.05, 0.1) is 6.20 Å². The largest absolute Gasteiger partial charge is 0.321 e. The van der Waals surface area contributed by atoms with E-state index in [1.165, 1.54) is 16.9 Å². The number of anilines is 1. The van der Waals surface area contributed by atoms with Gasteiger partial charge in [0.2, 0.25) is 4.96 Å². The highest BCUT2D eigenvalue weighted by Crippen LogP contribution is 2.18. The summed E-state index contributed by atoms with van der Waals surface area (Å²) in [6, 6.07) is 7.86. The van der Waals surface area contributed by atoms with Gasteiger partial charge in [-0.1, -0.05) is 37.3 Å². The third-order valence-corrected chi connectivity index (χ3v) is 3.74. The molecule has 1 N–H and O–H groups in total. The number of carbonyl (C=O) groups excluding carboxylic acids is 1. The number of aromatic nitrogens is 3. The zero-order chi connectivity index (χ0) is 14.1. The van der Waals surface area contributed by atoms with Crippen LogP contribution in [0.15, 0.2) is 36.0 Å². The molecule has 0 aliphatic carbocycles. The van der Waals surface area contributed by atoms with Gasteiger partial charge in [0.25, 0.3) is 5.91 Å². The number of imidazole rings is 1. The summed E-state index contributed by atoms with van der Waals surface area (Å²) in [4.78, 5) is 17.0. The molecular weight excluding hydrogens is 272 g/mol. The molecule has 1 amide bonds. The lowest BCUT2D eigenvalue weighted by Crippen LogP contribution is -2.12. The summed E-state index contributed by atoms with van der Waals surface area (Å²) in [5, 5.41) is 6.89. The molecule has 0 saturated carbocycles. The molecule has 102 valence electrons. The van der Waals surface area contributed by atoms with Crippen LogP contribution in [0.3, 0.4) is 0 Å². The summed E-state index contributed by atoms with van der Waals surface area (Å²) in [5.74, 6) is 0.255. The lowest BCUT2D eigenvalue weighted by molar-refractivity contribution is 0.102. The first-order valence-electron chi connectivity index (χ1n) is 6.33. The molecule has 20 heavy (non-hydrogen) atoms. The quantitative estimate of drug-likeness (QED) is 0.804. The zero-order valence-electron chi connectivity index (χ0n) is 11.2. The summed E-state index contributed by atoms with van der Waals surface area (Å²) in [6.07, 6.45) is 1.63. The Labute approximate surface area is 120 Å². The fourth-order valence-corrected chi connectivity index (χ4v) is 2.50. The molecule has 0 fully saturated rings. The van der Waals surface area contributed by atoms with E-state index in [0.29, 0.717) is 16.6 Å². The SMILES string of the molecule is CC(C)c1ccc(NC(=O)c2cn3ncsc3n2)cc1. The van der Waals surface area contributed by atoms with Crippen LogP contribution < -0.4 is 5.32 Å². The number of rotatable bonds is 3. The van der Waals surface area contributed by atoms with Gasteiger partial charge in [-0.15, -0.1) is 0 Å². The van der Waals surface area contributed by atoms with E-state index in [1.54, 1.807) is 16.2 Å². The predicted molar refractivity (Wildman–Crippen MR) is 79.3 cm³/mol. The molecule has 0 atom stereocenters. The normalized spacial score (nSPS) is 11.2. The molecule has 0 spiro atoms. The summed E-state index contributed by atoms with van der Waals surface area (Å²) in [7, 11) is 0. The van der Waals surface area contributed by atoms with E-state index in [9.17, 15) is 4.79 Å². The second kappa shape index (κ2) is 5.05. The van der Waals surface area contributed by atoms with Crippen LogP contribution in [-0.4, -0.2) is 20.5 Å². The lowest BCUT2D eigenvalue weighted by Gasteiger charge is -2.07. The fraction of sp³-hybridized carbons (Fsp3) is 0.214. The maximum absolute atomic E-state index is 12.1. The highest BCUT2D eigenvalue weighted by molar-refractivity contribution is 7.14. The number of benzene rings is 1. The van der Waals surface area contributed by atoms with Crippen LogP contribution in [0.4, 0.5) is 5.69 Å². The maximum atomic E-state index is 12.1. The Kier molecular flexibility index (Phi) is 3.23. The van der Waals surface area contributed by atoms with Crippen LogP contribution in [-0.2, 0) is 0 Å². The van der Waals surface area contributed by atoms with Gasteiger partial charge in [0.15, 0.2) is 0 Å². The van der Waals surface area contributed by atoms with E-state index in [-0.39, 0.29) is 5.91 Å². The first kappa shape index (κ1) is 12.8. The Hall–Kier alpha value is -2.21. The Morgan fingerprint density at radius 3 is 2.70 bits per heavy atom. The number of amides is 1. The number of nitrogens with one attached hydrogen (secondary N) is 1. The zero-order valence-corrected chi connectivity index (χ0v) is 12.0. The van der Waals surface area contributed by atoms with Crippen molar-refractivity contribution in [1.29, 1.82) is 0 Å². The van der Waals surface area contributed by atoms with Gasteiger partial charge in [-0.2, -0.15) is 5.10 Å². The minimum absolute atomic E-state index is 0.222. The molecule has 1 aromatic carbocycles. The van der Waals surface area contributed by atoms with Crippen molar-refractivity contribution in [2.75, 3.05) is 5.32 Å². The first-order valence-corrected chi connectivity index (χ1v) is 7.21. The van der Waals surface area contributed by atoms with E-state index in [2.05, 4.69) is 29.2 Å². The second-order valence-corrected chi connectivity index (χ2v) is 5.63. The van der Waals surface area contributed by atoms with Crippen LogP contribution >= 0.6 is 11.3 Å². The number of hydrogen-bond acceptors (Lipinski definition) is 4. The summed E-state index contributed by atoms with van der Waals surface area (Å²) < 4.78 is 1.60. The average Bonchev–Trinajstić information content (AvgIpc) is 2.99. The van der Waals surface area contributed by atoms with Crippen LogP contribution in [0.2, 0.25) is 0 Å². The highest BCUT2D eigenvalue weighted by atomic mass is 32.1. The van der Waals surface area contributed by atoms with Crippen LogP contribution in [0.25, 0.3) is 4.96 Å². The van der Waals surface area contributed by atoms with Gasteiger partial charge >= 0.3 is 0 Å². The minimum atomic E-state index is -0.222. The lowest BCUT2D eigenvalue weighted by atomic mass is 10.0. The predicted octanol–water partition coefficient (Wildman–Crippen LogP) is 3.17. The molecule has 3 aromatic rings. The molecule has 5 nitrogen and oxygen atoms in total. The molecule has 0 unspecified atom stereocenters. The summed E-state index contributed by atoms with van der Waals surface area (Å²) in [6.45, 7) is 4.27. The van der Waals surface area contributed by atoms with Gasteiger partial charge in [0.1, 0.15) is 11.2 Å². The molecule has 2 aromatic heterocycles. The number of fused-ring (bicyclic) bond motifs is 1. The van der Waals surface area contributed by atoms with Gasteiger partial charge in [-0.05, 0) is 23.6 Å². The first-order chi connectivity index (χ1) is 9.63. The Balaban J connectivity index is 1.76. The van der Waals surface area contributed by atoms with Gasteiger partial charge < -0.3 is 5.32 Å². The molecule has 0 aliphatic heterocycles. The number of carbonyl (C=O) groups is 1.